The third-order valence-electron chi connectivity index (χ3n) is 5.38. The van der Waals surface area contributed by atoms with E-state index < -0.39 is 21.5 Å². The number of benzene rings is 2. The third kappa shape index (κ3) is 4.45. The van der Waals surface area contributed by atoms with Crippen LogP contribution in [-0.4, -0.2) is 26.4 Å². The zero-order valence-corrected chi connectivity index (χ0v) is 18.3. The molecule has 0 bridgehead atoms. The number of nitriles is 1. The first-order chi connectivity index (χ1) is 14.3. The van der Waals surface area contributed by atoms with Crippen molar-refractivity contribution in [3.8, 4) is 6.07 Å². The monoisotopic (exact) mass is 445 g/mol. The van der Waals surface area contributed by atoms with E-state index in [1.54, 1.807) is 31.2 Å². The molecule has 3 rings (SSSR count). The molecule has 0 atom stereocenters. The van der Waals surface area contributed by atoms with Crippen LogP contribution in [0.15, 0.2) is 53.4 Å². The second-order valence-corrected chi connectivity index (χ2v) is 9.63. The Morgan fingerprint density at radius 1 is 1.17 bits per heavy atom. The molecule has 1 fully saturated rings. The maximum atomic E-state index is 13.3. The van der Waals surface area contributed by atoms with Gasteiger partial charge in [0, 0.05) is 6.54 Å². The number of anilines is 1. The van der Waals surface area contributed by atoms with Gasteiger partial charge in [-0.3, -0.25) is 9.10 Å². The summed E-state index contributed by atoms with van der Waals surface area (Å²) >= 11 is 6.23. The van der Waals surface area contributed by atoms with Crippen LogP contribution in [0.25, 0.3) is 0 Å². The number of hydrogen-bond acceptors (Lipinski definition) is 4. The molecule has 0 radical (unpaired) electrons. The van der Waals surface area contributed by atoms with E-state index in [4.69, 9.17) is 11.6 Å². The predicted molar refractivity (Wildman–Crippen MR) is 117 cm³/mol. The van der Waals surface area contributed by atoms with Crippen LogP contribution < -0.4 is 9.62 Å². The Balaban J connectivity index is 1.94. The van der Waals surface area contributed by atoms with E-state index in [1.807, 2.05) is 6.07 Å². The first-order valence-electron chi connectivity index (χ1n) is 9.94. The topological polar surface area (TPSA) is 90.3 Å². The van der Waals surface area contributed by atoms with E-state index in [2.05, 4.69) is 11.4 Å². The van der Waals surface area contributed by atoms with Gasteiger partial charge < -0.3 is 5.32 Å². The van der Waals surface area contributed by atoms with Crippen LogP contribution in [0.4, 0.5) is 5.69 Å². The zero-order chi connectivity index (χ0) is 21.8. The first-order valence-corrected chi connectivity index (χ1v) is 11.8. The van der Waals surface area contributed by atoms with Crippen LogP contribution in [0, 0.1) is 11.3 Å². The summed E-state index contributed by atoms with van der Waals surface area (Å²) in [5.41, 5.74) is -0.360. The van der Waals surface area contributed by atoms with E-state index >= 15 is 0 Å². The third-order valence-corrected chi connectivity index (χ3v) is 7.60. The molecule has 158 valence electrons. The minimum Gasteiger partial charge on any atom is -0.334 e. The molecule has 8 heteroatoms. The standard InChI is InChI=1S/C22H24ClN3O3S/c1-2-26(17-9-5-3-6-10-17)30(28,29)18-11-12-20(23)19(15-18)21(27)25-22(16-24)13-7-4-8-14-22/h3,5-6,9-12,15H,2,4,7-8,13-14H2,1H3,(H,25,27). The number of carbonyl (C=O) groups excluding carboxylic acids is 1. The molecular weight excluding hydrogens is 422 g/mol. The highest BCUT2D eigenvalue weighted by Crippen LogP contribution is 2.30. The van der Waals surface area contributed by atoms with Gasteiger partial charge in [-0.1, -0.05) is 49.1 Å². The van der Waals surface area contributed by atoms with Gasteiger partial charge in [-0.05, 0) is 50.1 Å². The van der Waals surface area contributed by atoms with Crippen LogP contribution in [0.3, 0.4) is 0 Å². The van der Waals surface area contributed by atoms with E-state index in [-0.39, 0.29) is 22.0 Å². The Bertz CT molecular complexity index is 1060. The number of nitrogens with one attached hydrogen (secondary N) is 1. The Morgan fingerprint density at radius 2 is 1.83 bits per heavy atom. The lowest BCUT2D eigenvalue weighted by molar-refractivity contribution is 0.0902. The fourth-order valence-corrected chi connectivity index (χ4v) is 5.46. The van der Waals surface area contributed by atoms with Crippen molar-refractivity contribution in [1.29, 1.82) is 5.26 Å². The molecule has 0 unspecified atom stereocenters. The molecule has 1 aliphatic rings. The minimum atomic E-state index is -3.90. The molecular formula is C22H24ClN3O3S. The number of halogens is 1. The Labute approximate surface area is 182 Å². The zero-order valence-electron chi connectivity index (χ0n) is 16.8. The van der Waals surface area contributed by atoms with Gasteiger partial charge in [0.1, 0.15) is 5.54 Å². The van der Waals surface area contributed by atoms with Crippen LogP contribution in [-0.2, 0) is 10.0 Å². The van der Waals surface area contributed by atoms with Gasteiger partial charge >= 0.3 is 0 Å². The van der Waals surface area contributed by atoms with Gasteiger partial charge in [-0.25, -0.2) is 8.42 Å². The van der Waals surface area contributed by atoms with Crippen molar-refractivity contribution < 1.29 is 13.2 Å². The van der Waals surface area contributed by atoms with E-state index in [0.29, 0.717) is 18.5 Å². The van der Waals surface area contributed by atoms with Gasteiger partial charge in [0.2, 0.25) is 0 Å². The summed E-state index contributed by atoms with van der Waals surface area (Å²) in [4.78, 5) is 12.9. The number of nitrogens with zero attached hydrogens (tertiary/aromatic N) is 2. The summed E-state index contributed by atoms with van der Waals surface area (Å²) in [6.07, 6.45) is 3.89. The lowest BCUT2D eigenvalue weighted by atomic mass is 9.82. The van der Waals surface area contributed by atoms with Crippen LogP contribution in [0.2, 0.25) is 5.02 Å². The van der Waals surface area contributed by atoms with Gasteiger partial charge in [-0.15, -0.1) is 0 Å². The summed E-state index contributed by atoms with van der Waals surface area (Å²) in [5, 5.41) is 12.6. The van der Waals surface area contributed by atoms with Crippen molar-refractivity contribution in [3.05, 3.63) is 59.1 Å². The molecule has 2 aromatic carbocycles. The molecule has 2 aromatic rings. The Hall–Kier alpha value is -2.56. The molecule has 0 spiro atoms. The van der Waals surface area contributed by atoms with Crippen LogP contribution in [0.5, 0.6) is 0 Å². The molecule has 1 saturated carbocycles. The average Bonchev–Trinajstić information content (AvgIpc) is 2.75. The summed E-state index contributed by atoms with van der Waals surface area (Å²) in [7, 11) is -3.90. The average molecular weight is 446 g/mol. The largest absolute Gasteiger partial charge is 0.334 e. The number of hydrogen-bond donors (Lipinski definition) is 1. The van der Waals surface area contributed by atoms with Crippen molar-refractivity contribution in [3.63, 3.8) is 0 Å². The summed E-state index contributed by atoms with van der Waals surface area (Å²) < 4.78 is 27.8. The molecule has 0 saturated heterocycles. The number of rotatable bonds is 6. The maximum absolute atomic E-state index is 13.3. The molecule has 1 N–H and O–H groups in total. The highest BCUT2D eigenvalue weighted by atomic mass is 35.5. The SMILES string of the molecule is CCN(c1ccccc1)S(=O)(=O)c1ccc(Cl)c(C(=O)NC2(C#N)CCCCC2)c1. The number of carbonyl (C=O) groups is 1. The van der Waals surface area contributed by atoms with Crippen molar-refractivity contribution in [2.75, 3.05) is 10.8 Å². The van der Waals surface area contributed by atoms with E-state index in [0.717, 1.165) is 19.3 Å². The predicted octanol–water partition coefficient (Wildman–Crippen LogP) is 4.51. The second kappa shape index (κ2) is 9.07. The summed E-state index contributed by atoms with van der Waals surface area (Å²) in [6.45, 7) is 1.97. The molecule has 0 heterocycles. The number of para-hydroxylation sites is 1. The second-order valence-electron chi connectivity index (χ2n) is 7.36. The smallest absolute Gasteiger partial charge is 0.264 e. The van der Waals surface area contributed by atoms with Crippen LogP contribution in [0.1, 0.15) is 49.4 Å². The molecule has 30 heavy (non-hydrogen) atoms. The summed E-state index contributed by atoms with van der Waals surface area (Å²) in [5.74, 6) is -0.539. The van der Waals surface area contributed by atoms with Crippen molar-refractivity contribution in [2.24, 2.45) is 0 Å². The lowest BCUT2D eigenvalue weighted by Gasteiger charge is -2.31. The highest BCUT2D eigenvalue weighted by molar-refractivity contribution is 7.92. The van der Waals surface area contributed by atoms with E-state index in [1.165, 1.54) is 22.5 Å². The molecule has 0 aromatic heterocycles. The van der Waals surface area contributed by atoms with Gasteiger partial charge in [0.25, 0.3) is 15.9 Å². The molecule has 6 nitrogen and oxygen atoms in total. The fraction of sp³-hybridized carbons (Fsp3) is 0.364. The fourth-order valence-electron chi connectivity index (χ4n) is 3.76. The number of amides is 1. The number of sulfonamides is 1. The van der Waals surface area contributed by atoms with Crippen molar-refractivity contribution in [1.82, 2.24) is 5.32 Å². The molecule has 0 aliphatic heterocycles. The van der Waals surface area contributed by atoms with Gasteiger partial charge in [-0.2, -0.15) is 5.26 Å². The lowest BCUT2D eigenvalue weighted by Crippen LogP contribution is -2.48. The Kier molecular flexibility index (Phi) is 6.69. The van der Waals surface area contributed by atoms with Crippen molar-refractivity contribution in [2.45, 2.75) is 49.5 Å². The highest BCUT2D eigenvalue weighted by Gasteiger charge is 2.34. The van der Waals surface area contributed by atoms with E-state index in [9.17, 15) is 18.5 Å². The molecule has 1 amide bonds. The normalized spacial score (nSPS) is 15.8. The molecule has 1 aliphatic carbocycles. The van der Waals surface area contributed by atoms with Crippen LogP contribution >= 0.6 is 11.6 Å². The quantitative estimate of drug-likeness (QED) is 0.708. The minimum absolute atomic E-state index is 0.0302. The maximum Gasteiger partial charge on any atom is 0.264 e. The Morgan fingerprint density at radius 3 is 2.43 bits per heavy atom. The first kappa shape index (κ1) is 22.1. The van der Waals surface area contributed by atoms with Crippen molar-refractivity contribution >= 4 is 33.2 Å². The van der Waals surface area contributed by atoms with Gasteiger partial charge in [0.15, 0.2) is 0 Å². The summed E-state index contributed by atoms with van der Waals surface area (Å²) in [6, 6.07) is 15.1. The van der Waals surface area contributed by atoms with Gasteiger partial charge in [0.05, 0.1) is 27.2 Å².